The Kier molecular flexibility index (Phi) is 4.20. The van der Waals surface area contributed by atoms with E-state index >= 15 is 0 Å². The summed E-state index contributed by atoms with van der Waals surface area (Å²) < 4.78 is 10.8. The molecule has 2 saturated heterocycles. The van der Waals surface area contributed by atoms with Gasteiger partial charge in [0.1, 0.15) is 11.4 Å². The van der Waals surface area contributed by atoms with Crippen molar-refractivity contribution in [3.63, 3.8) is 0 Å². The fraction of sp³-hybridized carbons (Fsp3) is 0.737. The summed E-state index contributed by atoms with van der Waals surface area (Å²) in [6, 6.07) is 2.08. The summed E-state index contributed by atoms with van der Waals surface area (Å²) >= 11 is 0. The summed E-state index contributed by atoms with van der Waals surface area (Å²) in [4.78, 5) is 26.8. The SMILES string of the molecule is CC(C)(C)OC(=O)N1[C@@H]2CC[C@H]1C[C@H](NC(=O)c1cc(C3CC3)on1)C2. The van der Waals surface area contributed by atoms with Crippen molar-refractivity contribution in [2.24, 2.45) is 0 Å². The first-order chi connectivity index (χ1) is 12.3. The number of nitrogens with zero attached hydrogens (tertiary/aromatic N) is 2. The van der Waals surface area contributed by atoms with Crippen molar-refractivity contribution >= 4 is 12.0 Å². The Morgan fingerprint density at radius 1 is 1.19 bits per heavy atom. The van der Waals surface area contributed by atoms with Crippen LogP contribution in [0.15, 0.2) is 10.6 Å². The Hall–Kier alpha value is -2.05. The summed E-state index contributed by atoms with van der Waals surface area (Å²) in [7, 11) is 0. The van der Waals surface area contributed by atoms with Gasteiger partial charge in [0.25, 0.3) is 5.91 Å². The zero-order valence-corrected chi connectivity index (χ0v) is 15.7. The van der Waals surface area contributed by atoms with Gasteiger partial charge in [-0.1, -0.05) is 5.16 Å². The topological polar surface area (TPSA) is 84.7 Å². The zero-order chi connectivity index (χ0) is 18.5. The molecule has 0 radical (unpaired) electrons. The third-order valence-corrected chi connectivity index (χ3v) is 5.41. The lowest BCUT2D eigenvalue weighted by Crippen LogP contribution is -2.53. The first-order valence-electron chi connectivity index (χ1n) is 9.59. The van der Waals surface area contributed by atoms with E-state index in [0.29, 0.717) is 11.6 Å². The van der Waals surface area contributed by atoms with E-state index in [9.17, 15) is 9.59 Å². The fourth-order valence-corrected chi connectivity index (χ4v) is 4.12. The summed E-state index contributed by atoms with van der Waals surface area (Å²) in [6.07, 6.45) is 5.44. The number of aromatic nitrogens is 1. The monoisotopic (exact) mass is 361 g/mol. The Balaban J connectivity index is 1.36. The molecule has 1 aromatic rings. The molecule has 26 heavy (non-hydrogen) atoms. The second-order valence-corrected chi connectivity index (χ2v) is 8.80. The smallest absolute Gasteiger partial charge is 0.410 e. The molecule has 0 unspecified atom stereocenters. The minimum Gasteiger partial charge on any atom is -0.444 e. The van der Waals surface area contributed by atoms with Gasteiger partial charge in [0, 0.05) is 30.1 Å². The van der Waals surface area contributed by atoms with Crippen LogP contribution in [0.5, 0.6) is 0 Å². The molecule has 2 bridgehead atoms. The van der Waals surface area contributed by atoms with Crippen molar-refractivity contribution in [3.05, 3.63) is 17.5 Å². The van der Waals surface area contributed by atoms with Crippen molar-refractivity contribution in [3.8, 4) is 0 Å². The second kappa shape index (κ2) is 6.28. The van der Waals surface area contributed by atoms with Gasteiger partial charge in [0.2, 0.25) is 0 Å². The molecule has 0 aromatic carbocycles. The van der Waals surface area contributed by atoms with E-state index in [1.165, 1.54) is 0 Å². The standard InChI is InChI=1S/C19H27N3O4/c1-19(2,3)25-18(24)22-13-6-7-14(22)9-12(8-13)20-17(23)15-10-16(26-21-15)11-4-5-11/h10-14H,4-9H2,1-3H3,(H,20,23)/t12-,13-,14+. The van der Waals surface area contributed by atoms with Crippen molar-refractivity contribution < 1.29 is 18.8 Å². The highest BCUT2D eigenvalue weighted by Crippen LogP contribution is 2.40. The highest BCUT2D eigenvalue weighted by molar-refractivity contribution is 5.92. The lowest BCUT2D eigenvalue weighted by Gasteiger charge is -2.39. The van der Waals surface area contributed by atoms with E-state index in [1.54, 1.807) is 6.07 Å². The number of fused-ring (bicyclic) bond motifs is 2. The van der Waals surface area contributed by atoms with Crippen LogP contribution in [0.1, 0.15) is 81.5 Å². The number of carbonyl (C=O) groups excluding carboxylic acids is 2. The normalized spacial score (nSPS) is 28.1. The third-order valence-electron chi connectivity index (χ3n) is 5.41. The minimum atomic E-state index is -0.492. The molecule has 3 heterocycles. The van der Waals surface area contributed by atoms with E-state index < -0.39 is 5.60 Å². The van der Waals surface area contributed by atoms with Crippen LogP contribution < -0.4 is 5.32 Å². The van der Waals surface area contributed by atoms with Crippen LogP contribution in [0.2, 0.25) is 0 Å². The highest BCUT2D eigenvalue weighted by Gasteiger charge is 2.45. The molecule has 142 valence electrons. The summed E-state index contributed by atoms with van der Waals surface area (Å²) in [5.41, 5.74) is -0.137. The van der Waals surface area contributed by atoms with E-state index in [1.807, 2.05) is 25.7 Å². The number of hydrogen-bond acceptors (Lipinski definition) is 5. The summed E-state index contributed by atoms with van der Waals surface area (Å²) in [5, 5.41) is 6.98. The first-order valence-corrected chi connectivity index (χ1v) is 9.59. The maximum absolute atomic E-state index is 12.5. The molecule has 0 spiro atoms. The number of rotatable bonds is 3. The van der Waals surface area contributed by atoms with Crippen molar-refractivity contribution in [1.82, 2.24) is 15.4 Å². The minimum absolute atomic E-state index is 0.0553. The molecular formula is C19H27N3O4. The van der Waals surface area contributed by atoms with Crippen LogP contribution in [0.25, 0.3) is 0 Å². The molecular weight excluding hydrogens is 334 g/mol. The summed E-state index contributed by atoms with van der Waals surface area (Å²) in [5.74, 6) is 1.07. The highest BCUT2D eigenvalue weighted by atomic mass is 16.6. The van der Waals surface area contributed by atoms with E-state index in [2.05, 4.69) is 10.5 Å². The van der Waals surface area contributed by atoms with Crippen LogP contribution in [0, 0.1) is 0 Å². The van der Waals surface area contributed by atoms with E-state index in [0.717, 1.165) is 44.3 Å². The first kappa shape index (κ1) is 17.4. The van der Waals surface area contributed by atoms with Gasteiger partial charge in [-0.15, -0.1) is 0 Å². The number of piperidine rings is 1. The molecule has 3 atom stereocenters. The molecule has 1 N–H and O–H groups in total. The van der Waals surface area contributed by atoms with Gasteiger partial charge in [-0.3, -0.25) is 4.79 Å². The predicted molar refractivity (Wildman–Crippen MR) is 93.8 cm³/mol. The van der Waals surface area contributed by atoms with Crippen molar-refractivity contribution in [2.75, 3.05) is 0 Å². The molecule has 1 aliphatic carbocycles. The number of hydrogen-bond donors (Lipinski definition) is 1. The predicted octanol–water partition coefficient (Wildman–Crippen LogP) is 3.21. The van der Waals surface area contributed by atoms with Crippen LogP contribution in [-0.2, 0) is 4.74 Å². The Bertz CT molecular complexity index is 690. The fourth-order valence-electron chi connectivity index (χ4n) is 4.12. The molecule has 3 fully saturated rings. The maximum Gasteiger partial charge on any atom is 0.410 e. The molecule has 1 saturated carbocycles. The Morgan fingerprint density at radius 3 is 2.42 bits per heavy atom. The van der Waals surface area contributed by atoms with E-state index in [-0.39, 0.29) is 30.1 Å². The quantitative estimate of drug-likeness (QED) is 0.893. The number of carbonyl (C=O) groups is 2. The lowest BCUT2D eigenvalue weighted by atomic mass is 9.97. The second-order valence-electron chi connectivity index (χ2n) is 8.80. The Labute approximate surface area is 153 Å². The maximum atomic E-state index is 12.5. The molecule has 4 rings (SSSR count). The Morgan fingerprint density at radius 2 is 1.85 bits per heavy atom. The van der Waals surface area contributed by atoms with Gasteiger partial charge >= 0.3 is 6.09 Å². The number of ether oxygens (including phenoxy) is 1. The average molecular weight is 361 g/mol. The van der Waals surface area contributed by atoms with Crippen molar-refractivity contribution in [1.29, 1.82) is 0 Å². The van der Waals surface area contributed by atoms with Gasteiger partial charge in [-0.25, -0.2) is 4.79 Å². The molecule has 2 amide bonds. The van der Waals surface area contributed by atoms with Crippen LogP contribution in [0.4, 0.5) is 4.79 Å². The van der Waals surface area contributed by atoms with Gasteiger partial charge in [-0.05, 0) is 59.3 Å². The lowest BCUT2D eigenvalue weighted by molar-refractivity contribution is 0.00499. The zero-order valence-electron chi connectivity index (χ0n) is 15.7. The number of amides is 2. The van der Waals surface area contributed by atoms with Gasteiger partial charge in [-0.2, -0.15) is 0 Å². The van der Waals surface area contributed by atoms with Crippen LogP contribution in [-0.4, -0.2) is 45.8 Å². The van der Waals surface area contributed by atoms with Gasteiger partial charge < -0.3 is 19.5 Å². The van der Waals surface area contributed by atoms with Gasteiger partial charge in [0.05, 0.1) is 0 Å². The van der Waals surface area contributed by atoms with Crippen LogP contribution >= 0.6 is 0 Å². The largest absolute Gasteiger partial charge is 0.444 e. The molecule has 7 heteroatoms. The molecule has 3 aliphatic rings. The van der Waals surface area contributed by atoms with Gasteiger partial charge in [0.15, 0.2) is 5.69 Å². The molecule has 1 aromatic heterocycles. The third kappa shape index (κ3) is 3.57. The van der Waals surface area contributed by atoms with Crippen LogP contribution in [0.3, 0.4) is 0 Å². The average Bonchev–Trinajstić information content (AvgIpc) is 3.20. The van der Waals surface area contributed by atoms with Crippen molar-refractivity contribution in [2.45, 2.75) is 88.9 Å². The number of nitrogens with one attached hydrogen (secondary N) is 1. The molecule has 7 nitrogen and oxygen atoms in total. The molecule has 2 aliphatic heterocycles. The summed E-state index contributed by atoms with van der Waals surface area (Å²) in [6.45, 7) is 5.65. The van der Waals surface area contributed by atoms with E-state index in [4.69, 9.17) is 9.26 Å².